The van der Waals surface area contributed by atoms with E-state index in [4.69, 9.17) is 9.47 Å². The van der Waals surface area contributed by atoms with Crippen LogP contribution in [0.2, 0.25) is 0 Å². The standard InChI is InChI=1S/C24H25FN2O4/c1-12-15-7-6-8-31-23(15)19(25)9-16(12)22-17(11-21(29)30-5)13(2)26-24-18(22)10-20(14(3)28)27(24)4/h9-10,28H,3,6-8,11H2,1-2,4-5H3. The lowest BCUT2D eigenvalue weighted by Crippen LogP contribution is -2.13. The summed E-state index contributed by atoms with van der Waals surface area (Å²) in [4.78, 5) is 16.9. The summed E-state index contributed by atoms with van der Waals surface area (Å²) in [5, 5.41) is 10.8. The van der Waals surface area contributed by atoms with E-state index in [9.17, 15) is 9.90 Å². The first-order valence-electron chi connectivity index (χ1n) is 10.1. The maximum atomic E-state index is 15.1. The van der Waals surface area contributed by atoms with E-state index >= 15 is 4.39 Å². The summed E-state index contributed by atoms with van der Waals surface area (Å²) in [6, 6.07) is 3.24. The molecule has 0 radical (unpaired) electrons. The van der Waals surface area contributed by atoms with Gasteiger partial charge < -0.3 is 19.1 Å². The molecular weight excluding hydrogens is 399 g/mol. The Bertz CT molecular complexity index is 1240. The first-order valence-corrected chi connectivity index (χ1v) is 10.1. The molecule has 31 heavy (non-hydrogen) atoms. The number of pyridine rings is 1. The zero-order valence-electron chi connectivity index (χ0n) is 18.1. The van der Waals surface area contributed by atoms with E-state index in [2.05, 4.69) is 11.6 Å². The maximum absolute atomic E-state index is 15.1. The Kier molecular flexibility index (Phi) is 5.21. The van der Waals surface area contributed by atoms with Crippen molar-refractivity contribution in [3.63, 3.8) is 0 Å². The van der Waals surface area contributed by atoms with Gasteiger partial charge in [-0.2, -0.15) is 0 Å². The molecule has 0 atom stereocenters. The molecule has 0 amide bonds. The molecule has 1 N–H and O–H groups in total. The molecule has 0 unspecified atom stereocenters. The average molecular weight is 424 g/mol. The van der Waals surface area contributed by atoms with Gasteiger partial charge in [0.15, 0.2) is 11.6 Å². The molecular formula is C24H25FN2O4. The Hall–Kier alpha value is -3.35. The number of benzene rings is 1. The fourth-order valence-corrected chi connectivity index (χ4v) is 4.42. The van der Waals surface area contributed by atoms with Crippen molar-refractivity contribution in [2.75, 3.05) is 13.7 Å². The largest absolute Gasteiger partial charge is 0.506 e. The summed E-state index contributed by atoms with van der Waals surface area (Å²) in [7, 11) is 3.12. The molecule has 2 aromatic heterocycles. The van der Waals surface area contributed by atoms with Gasteiger partial charge in [-0.1, -0.05) is 6.58 Å². The molecule has 4 rings (SSSR count). The van der Waals surface area contributed by atoms with Crippen LogP contribution < -0.4 is 4.74 Å². The van der Waals surface area contributed by atoms with E-state index in [1.54, 1.807) is 17.7 Å². The highest BCUT2D eigenvalue weighted by atomic mass is 19.1. The molecule has 0 fully saturated rings. The van der Waals surface area contributed by atoms with Crippen LogP contribution in [0.25, 0.3) is 27.9 Å². The summed E-state index contributed by atoms with van der Waals surface area (Å²) in [5.41, 5.74) is 5.55. The number of hydrogen-bond donors (Lipinski definition) is 1. The summed E-state index contributed by atoms with van der Waals surface area (Å²) < 4.78 is 27.3. The quantitative estimate of drug-likeness (QED) is 0.491. The van der Waals surface area contributed by atoms with Crippen LogP contribution in [0.5, 0.6) is 5.75 Å². The van der Waals surface area contributed by atoms with Crippen molar-refractivity contribution in [1.82, 2.24) is 9.55 Å². The number of fused-ring (bicyclic) bond motifs is 2. The van der Waals surface area contributed by atoms with Gasteiger partial charge in [-0.25, -0.2) is 9.37 Å². The predicted octanol–water partition coefficient (Wildman–Crippen LogP) is 4.57. The number of carbonyl (C=O) groups excluding carboxylic acids is 1. The number of carbonyl (C=O) groups is 1. The van der Waals surface area contributed by atoms with Gasteiger partial charge in [0, 0.05) is 23.7 Å². The van der Waals surface area contributed by atoms with Crippen molar-refractivity contribution in [3.05, 3.63) is 52.6 Å². The number of aliphatic hydroxyl groups is 1. The lowest BCUT2D eigenvalue weighted by atomic mass is 9.87. The second-order valence-electron chi connectivity index (χ2n) is 7.87. The van der Waals surface area contributed by atoms with Crippen LogP contribution in [0.4, 0.5) is 4.39 Å². The molecule has 0 saturated carbocycles. The number of aliphatic hydroxyl groups excluding tert-OH is 1. The van der Waals surface area contributed by atoms with E-state index in [0.29, 0.717) is 51.5 Å². The van der Waals surface area contributed by atoms with Crippen molar-refractivity contribution in [2.45, 2.75) is 33.1 Å². The Morgan fingerprint density at radius 2 is 2.13 bits per heavy atom. The molecule has 0 spiro atoms. The van der Waals surface area contributed by atoms with E-state index in [1.165, 1.54) is 13.2 Å². The third-order valence-electron chi connectivity index (χ3n) is 6.03. The van der Waals surface area contributed by atoms with Gasteiger partial charge in [0.1, 0.15) is 11.4 Å². The topological polar surface area (TPSA) is 73.6 Å². The normalized spacial score (nSPS) is 13.1. The van der Waals surface area contributed by atoms with Crippen LogP contribution >= 0.6 is 0 Å². The number of aryl methyl sites for hydroxylation is 2. The molecule has 1 aromatic carbocycles. The monoisotopic (exact) mass is 424 g/mol. The molecule has 7 heteroatoms. The Morgan fingerprint density at radius 1 is 1.39 bits per heavy atom. The van der Waals surface area contributed by atoms with E-state index in [0.717, 1.165) is 24.0 Å². The van der Waals surface area contributed by atoms with Crippen LogP contribution in [-0.2, 0) is 29.4 Å². The van der Waals surface area contributed by atoms with Crippen molar-refractivity contribution in [1.29, 1.82) is 0 Å². The van der Waals surface area contributed by atoms with Crippen LogP contribution in [0, 0.1) is 19.7 Å². The Balaban J connectivity index is 2.12. The molecule has 3 aromatic rings. The van der Waals surface area contributed by atoms with Gasteiger partial charge in [-0.05, 0) is 61.1 Å². The molecule has 1 aliphatic heterocycles. The molecule has 1 aliphatic rings. The van der Waals surface area contributed by atoms with Crippen molar-refractivity contribution in [2.24, 2.45) is 7.05 Å². The smallest absolute Gasteiger partial charge is 0.310 e. The Morgan fingerprint density at radius 3 is 2.81 bits per heavy atom. The van der Waals surface area contributed by atoms with E-state index < -0.39 is 11.8 Å². The van der Waals surface area contributed by atoms with E-state index in [-0.39, 0.29) is 12.2 Å². The molecule has 0 saturated heterocycles. The molecule has 3 heterocycles. The minimum atomic E-state index is -0.426. The van der Waals surface area contributed by atoms with Gasteiger partial charge >= 0.3 is 5.97 Å². The van der Waals surface area contributed by atoms with Gasteiger partial charge in [0.25, 0.3) is 0 Å². The highest BCUT2D eigenvalue weighted by molar-refractivity contribution is 6.00. The first kappa shape index (κ1) is 20.9. The zero-order valence-corrected chi connectivity index (χ0v) is 18.1. The number of esters is 1. The second kappa shape index (κ2) is 7.72. The van der Waals surface area contributed by atoms with Crippen LogP contribution in [0.15, 0.2) is 18.7 Å². The minimum Gasteiger partial charge on any atom is -0.506 e. The van der Waals surface area contributed by atoms with Gasteiger partial charge in [-0.15, -0.1) is 0 Å². The first-order chi connectivity index (χ1) is 14.7. The molecule has 0 bridgehead atoms. The third-order valence-corrected chi connectivity index (χ3v) is 6.03. The number of aromatic nitrogens is 2. The lowest BCUT2D eigenvalue weighted by Gasteiger charge is -2.23. The van der Waals surface area contributed by atoms with Crippen molar-refractivity contribution in [3.8, 4) is 16.9 Å². The number of nitrogens with zero attached hydrogens (tertiary/aromatic N) is 2. The highest BCUT2D eigenvalue weighted by Gasteiger charge is 2.26. The number of halogens is 1. The minimum absolute atomic E-state index is 0.000447. The SMILES string of the molecule is C=C(O)c1cc2c(-c3cc(F)c4c(c3C)CCCO4)c(CC(=O)OC)c(C)nc2n1C. The number of methoxy groups -OCH3 is 1. The number of hydrogen-bond acceptors (Lipinski definition) is 5. The molecule has 0 aliphatic carbocycles. The van der Waals surface area contributed by atoms with Crippen molar-refractivity contribution < 1.29 is 23.8 Å². The summed E-state index contributed by atoms with van der Waals surface area (Å²) in [6.45, 7) is 7.89. The average Bonchev–Trinajstić information content (AvgIpc) is 3.07. The molecule has 6 nitrogen and oxygen atoms in total. The van der Waals surface area contributed by atoms with Crippen molar-refractivity contribution >= 4 is 22.8 Å². The highest BCUT2D eigenvalue weighted by Crippen LogP contribution is 2.42. The summed E-state index contributed by atoms with van der Waals surface area (Å²) in [6.07, 6.45) is 1.54. The van der Waals surface area contributed by atoms with Crippen LogP contribution in [-0.4, -0.2) is 34.3 Å². The lowest BCUT2D eigenvalue weighted by molar-refractivity contribution is -0.139. The summed E-state index contributed by atoms with van der Waals surface area (Å²) >= 11 is 0. The second-order valence-corrected chi connectivity index (χ2v) is 7.87. The van der Waals surface area contributed by atoms with Gasteiger partial charge in [-0.3, -0.25) is 4.79 Å². The zero-order chi connectivity index (χ0) is 22.4. The van der Waals surface area contributed by atoms with E-state index in [1.807, 2.05) is 13.8 Å². The maximum Gasteiger partial charge on any atom is 0.310 e. The fraction of sp³-hybridized carbons (Fsp3) is 0.333. The van der Waals surface area contributed by atoms with Gasteiger partial charge in [0.05, 0.1) is 25.8 Å². The van der Waals surface area contributed by atoms with Gasteiger partial charge in [0.2, 0.25) is 0 Å². The van der Waals surface area contributed by atoms with Crippen LogP contribution in [0.3, 0.4) is 0 Å². The van der Waals surface area contributed by atoms with Crippen LogP contribution in [0.1, 0.15) is 34.5 Å². The number of rotatable bonds is 4. The predicted molar refractivity (Wildman–Crippen MR) is 117 cm³/mol. The third kappa shape index (κ3) is 3.34. The molecule has 162 valence electrons. The summed E-state index contributed by atoms with van der Waals surface area (Å²) in [5.74, 6) is -0.626. The Labute approximate surface area is 179 Å². The fourth-order valence-electron chi connectivity index (χ4n) is 4.42. The number of ether oxygens (including phenoxy) is 2.